The van der Waals surface area contributed by atoms with Crippen LogP contribution >= 0.6 is 0 Å². The fraction of sp³-hybridized carbons (Fsp3) is 0.923. The number of rotatable bonds is 7. The molecule has 18 heavy (non-hydrogen) atoms. The highest BCUT2D eigenvalue weighted by Gasteiger charge is 2.20. The number of ether oxygens (including phenoxy) is 1. The molecule has 1 N–H and O–H groups in total. The number of esters is 1. The van der Waals surface area contributed by atoms with E-state index >= 15 is 0 Å². The van der Waals surface area contributed by atoms with Gasteiger partial charge in [-0.15, -0.1) is 0 Å². The van der Waals surface area contributed by atoms with Gasteiger partial charge in [-0.25, -0.2) is 0 Å². The summed E-state index contributed by atoms with van der Waals surface area (Å²) < 4.78 is 5.04. The predicted octanol–water partition coefficient (Wildman–Crippen LogP) is 0.165. The molecule has 0 aromatic rings. The summed E-state index contributed by atoms with van der Waals surface area (Å²) in [6, 6.07) is -0.172. The topological polar surface area (TPSA) is 44.8 Å². The third-order valence-electron chi connectivity index (χ3n) is 3.57. The number of hydrogen-bond donors (Lipinski definition) is 1. The maximum absolute atomic E-state index is 11.6. The Morgan fingerprint density at radius 1 is 1.22 bits per heavy atom. The summed E-state index contributed by atoms with van der Waals surface area (Å²) in [5.74, 6) is -0.132. The van der Waals surface area contributed by atoms with E-state index in [-0.39, 0.29) is 12.0 Å². The van der Waals surface area contributed by atoms with E-state index in [9.17, 15) is 4.79 Å². The normalized spacial score (nSPS) is 19.7. The lowest BCUT2D eigenvalue weighted by Crippen LogP contribution is -2.48. The van der Waals surface area contributed by atoms with Crippen LogP contribution in [0.1, 0.15) is 20.3 Å². The Morgan fingerprint density at radius 3 is 2.33 bits per heavy atom. The van der Waals surface area contributed by atoms with Crippen LogP contribution in [0.4, 0.5) is 0 Å². The van der Waals surface area contributed by atoms with Crippen molar-refractivity contribution < 1.29 is 9.53 Å². The standard InChI is InChI=1S/C13H27N3O2/c1-4-15-8-10-16(11-9-15)7-6-12(14-3)13(17)18-5-2/h12,14H,4-11H2,1-3H3. The molecule has 0 bridgehead atoms. The number of piperazine rings is 1. The molecule has 0 spiro atoms. The number of likely N-dealkylation sites (N-methyl/N-ethyl adjacent to an activating group) is 2. The van der Waals surface area contributed by atoms with Crippen LogP contribution in [0.25, 0.3) is 0 Å². The second-order valence-electron chi connectivity index (χ2n) is 4.66. The van der Waals surface area contributed by atoms with Crippen molar-refractivity contribution in [2.75, 3.05) is 52.9 Å². The van der Waals surface area contributed by atoms with E-state index < -0.39 is 0 Å². The minimum atomic E-state index is -0.172. The van der Waals surface area contributed by atoms with Crippen molar-refractivity contribution in [3.05, 3.63) is 0 Å². The van der Waals surface area contributed by atoms with E-state index in [1.54, 1.807) is 0 Å². The van der Waals surface area contributed by atoms with Gasteiger partial charge in [0.1, 0.15) is 6.04 Å². The van der Waals surface area contributed by atoms with Crippen molar-refractivity contribution in [3.63, 3.8) is 0 Å². The van der Waals surface area contributed by atoms with Crippen LogP contribution in [0.15, 0.2) is 0 Å². The van der Waals surface area contributed by atoms with E-state index in [1.807, 2.05) is 14.0 Å². The maximum Gasteiger partial charge on any atom is 0.323 e. The summed E-state index contributed by atoms with van der Waals surface area (Å²) in [4.78, 5) is 16.5. The summed E-state index contributed by atoms with van der Waals surface area (Å²) in [7, 11) is 1.82. The lowest BCUT2D eigenvalue weighted by atomic mass is 10.2. The molecular weight excluding hydrogens is 230 g/mol. The SMILES string of the molecule is CCOC(=O)C(CCN1CCN(CC)CC1)NC. The Balaban J connectivity index is 2.24. The summed E-state index contributed by atoms with van der Waals surface area (Å²) >= 11 is 0. The molecule has 5 heteroatoms. The summed E-state index contributed by atoms with van der Waals surface area (Å²) in [6.45, 7) is 11.1. The third kappa shape index (κ3) is 4.92. The molecule has 1 unspecified atom stereocenters. The second kappa shape index (κ2) is 8.45. The van der Waals surface area contributed by atoms with Gasteiger partial charge in [-0.05, 0) is 26.9 Å². The Kier molecular flexibility index (Phi) is 7.23. The zero-order chi connectivity index (χ0) is 13.4. The Bertz CT molecular complexity index is 240. The van der Waals surface area contributed by atoms with Gasteiger partial charge in [0.05, 0.1) is 6.61 Å². The summed E-state index contributed by atoms with van der Waals surface area (Å²) in [5, 5.41) is 3.03. The molecule has 1 heterocycles. The highest BCUT2D eigenvalue weighted by Crippen LogP contribution is 2.04. The lowest BCUT2D eigenvalue weighted by Gasteiger charge is -2.34. The van der Waals surface area contributed by atoms with Crippen LogP contribution in [0.2, 0.25) is 0 Å². The van der Waals surface area contributed by atoms with Crippen molar-refractivity contribution in [2.24, 2.45) is 0 Å². The molecule has 1 atom stereocenters. The molecule has 1 saturated heterocycles. The Labute approximate surface area is 110 Å². The van der Waals surface area contributed by atoms with Gasteiger partial charge in [0.2, 0.25) is 0 Å². The summed E-state index contributed by atoms with van der Waals surface area (Å²) in [6.07, 6.45) is 0.821. The molecule has 0 amide bonds. The predicted molar refractivity (Wildman–Crippen MR) is 72.7 cm³/mol. The number of nitrogens with one attached hydrogen (secondary N) is 1. The van der Waals surface area contributed by atoms with Crippen molar-refractivity contribution in [1.29, 1.82) is 0 Å². The maximum atomic E-state index is 11.6. The average Bonchev–Trinajstić information content (AvgIpc) is 2.40. The van der Waals surface area contributed by atoms with Crippen molar-refractivity contribution in [3.8, 4) is 0 Å². The van der Waals surface area contributed by atoms with Gasteiger partial charge in [0, 0.05) is 32.7 Å². The molecule has 0 aromatic heterocycles. The fourth-order valence-corrected chi connectivity index (χ4v) is 2.26. The van der Waals surface area contributed by atoms with Crippen LogP contribution in [0.3, 0.4) is 0 Å². The van der Waals surface area contributed by atoms with E-state index in [4.69, 9.17) is 4.74 Å². The van der Waals surface area contributed by atoms with E-state index in [0.29, 0.717) is 6.61 Å². The number of carbonyl (C=O) groups is 1. The molecule has 5 nitrogen and oxygen atoms in total. The van der Waals surface area contributed by atoms with Crippen LogP contribution in [-0.2, 0) is 9.53 Å². The van der Waals surface area contributed by atoms with Gasteiger partial charge in [-0.1, -0.05) is 6.92 Å². The Morgan fingerprint density at radius 2 is 1.83 bits per heavy atom. The van der Waals surface area contributed by atoms with Crippen LogP contribution < -0.4 is 5.32 Å². The Hall–Kier alpha value is -0.650. The quantitative estimate of drug-likeness (QED) is 0.659. The zero-order valence-corrected chi connectivity index (χ0v) is 11.9. The lowest BCUT2D eigenvalue weighted by molar-refractivity contribution is -0.145. The van der Waals surface area contributed by atoms with Gasteiger partial charge in [-0.3, -0.25) is 4.79 Å². The van der Waals surface area contributed by atoms with Crippen molar-refractivity contribution in [2.45, 2.75) is 26.3 Å². The zero-order valence-electron chi connectivity index (χ0n) is 11.9. The van der Waals surface area contributed by atoms with Gasteiger partial charge < -0.3 is 19.9 Å². The summed E-state index contributed by atoms with van der Waals surface area (Å²) in [5.41, 5.74) is 0. The molecule has 0 aromatic carbocycles. The van der Waals surface area contributed by atoms with E-state index in [0.717, 1.165) is 45.7 Å². The molecule has 1 aliphatic heterocycles. The molecule has 1 fully saturated rings. The molecule has 1 aliphatic rings. The van der Waals surface area contributed by atoms with Gasteiger partial charge in [0.15, 0.2) is 0 Å². The molecule has 106 valence electrons. The van der Waals surface area contributed by atoms with Crippen LogP contribution in [0, 0.1) is 0 Å². The number of hydrogen-bond acceptors (Lipinski definition) is 5. The third-order valence-corrected chi connectivity index (χ3v) is 3.57. The highest BCUT2D eigenvalue weighted by atomic mass is 16.5. The fourth-order valence-electron chi connectivity index (χ4n) is 2.26. The minimum absolute atomic E-state index is 0.132. The molecule has 0 aliphatic carbocycles. The van der Waals surface area contributed by atoms with Gasteiger partial charge in [0.25, 0.3) is 0 Å². The monoisotopic (exact) mass is 257 g/mol. The number of carbonyl (C=O) groups excluding carboxylic acids is 1. The first kappa shape index (κ1) is 15.4. The van der Waals surface area contributed by atoms with E-state index in [2.05, 4.69) is 22.0 Å². The van der Waals surface area contributed by atoms with Crippen LogP contribution in [-0.4, -0.2) is 74.7 Å². The smallest absolute Gasteiger partial charge is 0.323 e. The highest BCUT2D eigenvalue weighted by molar-refractivity contribution is 5.75. The largest absolute Gasteiger partial charge is 0.465 e. The van der Waals surface area contributed by atoms with Crippen molar-refractivity contribution in [1.82, 2.24) is 15.1 Å². The first-order valence-corrected chi connectivity index (χ1v) is 6.99. The molecule has 0 radical (unpaired) electrons. The average molecular weight is 257 g/mol. The molecular formula is C13H27N3O2. The minimum Gasteiger partial charge on any atom is -0.465 e. The number of nitrogens with zero attached hydrogens (tertiary/aromatic N) is 2. The van der Waals surface area contributed by atoms with Crippen LogP contribution in [0.5, 0.6) is 0 Å². The second-order valence-corrected chi connectivity index (χ2v) is 4.66. The molecule has 0 saturated carbocycles. The van der Waals surface area contributed by atoms with Crippen molar-refractivity contribution >= 4 is 5.97 Å². The molecule has 1 rings (SSSR count). The van der Waals surface area contributed by atoms with Gasteiger partial charge in [-0.2, -0.15) is 0 Å². The van der Waals surface area contributed by atoms with E-state index in [1.165, 1.54) is 0 Å². The first-order chi connectivity index (χ1) is 8.71. The first-order valence-electron chi connectivity index (χ1n) is 6.99. The van der Waals surface area contributed by atoms with Gasteiger partial charge >= 0.3 is 5.97 Å².